The lowest BCUT2D eigenvalue weighted by atomic mass is 9.70. The van der Waals surface area contributed by atoms with Gasteiger partial charge in [-0.3, -0.25) is 9.35 Å². The van der Waals surface area contributed by atoms with Crippen LogP contribution in [0.2, 0.25) is 0 Å². The van der Waals surface area contributed by atoms with Gasteiger partial charge in [0.2, 0.25) is 5.78 Å². The van der Waals surface area contributed by atoms with Gasteiger partial charge >= 0.3 is 10.1 Å². The molecule has 0 aromatic carbocycles. The monoisotopic (exact) mass is 290 g/mol. The number of carbonyl (C=O) groups is 1. The van der Waals surface area contributed by atoms with Gasteiger partial charge in [0.15, 0.2) is 0 Å². The Morgan fingerprint density at radius 3 is 1.89 bits per heavy atom. The number of quaternary nitrogens is 1. The molecule has 2 fully saturated rings. The van der Waals surface area contributed by atoms with Crippen molar-refractivity contribution in [1.82, 2.24) is 0 Å². The first-order valence-electron chi connectivity index (χ1n) is 6.58. The number of ketones is 1. The van der Waals surface area contributed by atoms with Gasteiger partial charge in [-0.2, -0.15) is 8.42 Å². The Hall–Kier alpha value is -0.460. The van der Waals surface area contributed by atoms with E-state index >= 15 is 0 Å². The SMILES string of the molecule is CC12CCC(C1(C)C)C([N+](C)(C)C)(S(=O)(=O)O)C2=O. The van der Waals surface area contributed by atoms with Crippen LogP contribution in [0.3, 0.4) is 0 Å². The molecule has 1 N–H and O–H groups in total. The van der Waals surface area contributed by atoms with E-state index in [1.165, 1.54) is 0 Å². The van der Waals surface area contributed by atoms with Crippen molar-refractivity contribution in [3.05, 3.63) is 0 Å². The van der Waals surface area contributed by atoms with Gasteiger partial charge in [0, 0.05) is 11.3 Å². The standard InChI is InChI=1S/C13H23NO4S/c1-11(2)9-7-8-12(11,3)10(15)13(9,14(4,5)6)19(16,17)18/h9H,7-8H2,1-6H3/p+1. The molecule has 2 aliphatic carbocycles. The van der Waals surface area contributed by atoms with E-state index in [1.807, 2.05) is 20.8 Å². The number of Topliss-reactive ketones (excluding diaryl/α,β-unsaturated/α-hetero) is 1. The summed E-state index contributed by atoms with van der Waals surface area (Å²) in [5.41, 5.74) is -1.11. The van der Waals surface area contributed by atoms with Gasteiger partial charge in [-0.15, -0.1) is 0 Å². The summed E-state index contributed by atoms with van der Waals surface area (Å²) in [6, 6.07) is 0. The zero-order chi connectivity index (χ0) is 15.1. The van der Waals surface area contributed by atoms with E-state index in [2.05, 4.69) is 0 Å². The summed E-state index contributed by atoms with van der Waals surface area (Å²) in [6.45, 7) is 5.74. The van der Waals surface area contributed by atoms with Gasteiger partial charge in [-0.25, -0.2) is 0 Å². The van der Waals surface area contributed by atoms with Crippen molar-refractivity contribution in [2.45, 2.75) is 38.5 Å². The van der Waals surface area contributed by atoms with Crippen molar-refractivity contribution >= 4 is 15.9 Å². The van der Waals surface area contributed by atoms with Crippen molar-refractivity contribution in [2.75, 3.05) is 21.1 Å². The van der Waals surface area contributed by atoms with E-state index in [9.17, 15) is 17.8 Å². The Kier molecular flexibility index (Phi) is 2.68. The second-order valence-corrected chi connectivity index (χ2v) is 9.23. The largest absolute Gasteiger partial charge is 0.330 e. The molecule has 2 rings (SSSR count). The minimum Gasteiger partial charge on any atom is -0.305 e. The van der Waals surface area contributed by atoms with Crippen LogP contribution in [0.1, 0.15) is 33.6 Å². The summed E-state index contributed by atoms with van der Waals surface area (Å²) in [4.78, 5) is 11.2. The highest BCUT2D eigenvalue weighted by Crippen LogP contribution is 2.69. The maximum atomic E-state index is 13.0. The topological polar surface area (TPSA) is 71.4 Å². The summed E-state index contributed by atoms with van der Waals surface area (Å²) in [7, 11) is 0.529. The minimum atomic E-state index is -4.49. The Labute approximate surface area is 115 Å². The van der Waals surface area contributed by atoms with Crippen LogP contribution in [0.5, 0.6) is 0 Å². The summed E-state index contributed by atoms with van der Waals surface area (Å²) < 4.78 is 34.1. The van der Waals surface area contributed by atoms with E-state index in [0.717, 1.165) is 0 Å². The lowest BCUT2D eigenvalue weighted by Gasteiger charge is -2.45. The van der Waals surface area contributed by atoms with Crippen LogP contribution in [0.15, 0.2) is 0 Å². The molecule has 110 valence electrons. The van der Waals surface area contributed by atoms with Crippen molar-refractivity contribution in [2.24, 2.45) is 16.7 Å². The third kappa shape index (κ3) is 1.33. The predicted molar refractivity (Wildman–Crippen MR) is 71.9 cm³/mol. The van der Waals surface area contributed by atoms with Gasteiger partial charge in [-0.1, -0.05) is 20.8 Å². The molecular weight excluding hydrogens is 266 g/mol. The smallest absolute Gasteiger partial charge is 0.305 e. The minimum absolute atomic E-state index is 0.0889. The van der Waals surface area contributed by atoms with Gasteiger partial charge in [0.25, 0.3) is 4.87 Å². The molecule has 2 saturated carbocycles. The van der Waals surface area contributed by atoms with E-state index in [-0.39, 0.29) is 16.2 Å². The van der Waals surface area contributed by atoms with Crippen molar-refractivity contribution < 1.29 is 22.2 Å². The average molecular weight is 290 g/mol. The van der Waals surface area contributed by atoms with E-state index in [4.69, 9.17) is 0 Å². The molecule has 0 heterocycles. The van der Waals surface area contributed by atoms with Gasteiger partial charge < -0.3 is 4.48 Å². The summed E-state index contributed by atoms with van der Waals surface area (Å²) in [5.74, 6) is -0.677. The fourth-order valence-corrected chi connectivity index (χ4v) is 6.48. The number of carbonyl (C=O) groups excluding carboxylic acids is 1. The second kappa shape index (κ2) is 3.40. The molecule has 0 saturated heterocycles. The molecule has 0 aliphatic heterocycles. The van der Waals surface area contributed by atoms with Crippen molar-refractivity contribution in [1.29, 1.82) is 0 Å². The lowest BCUT2D eigenvalue weighted by molar-refractivity contribution is -0.901. The maximum Gasteiger partial charge on any atom is 0.330 e. The Morgan fingerprint density at radius 2 is 1.68 bits per heavy atom. The number of hydrogen-bond acceptors (Lipinski definition) is 3. The summed E-state index contributed by atoms with van der Waals surface area (Å²) >= 11 is 0. The first-order chi connectivity index (χ1) is 8.24. The first-order valence-corrected chi connectivity index (χ1v) is 8.02. The van der Waals surface area contributed by atoms with Crippen LogP contribution >= 0.6 is 0 Å². The molecule has 2 aliphatic rings. The normalized spacial score (nSPS) is 41.8. The fraction of sp³-hybridized carbons (Fsp3) is 0.923. The van der Waals surface area contributed by atoms with Crippen molar-refractivity contribution in [3.63, 3.8) is 0 Å². The molecule has 19 heavy (non-hydrogen) atoms. The molecular formula is C13H24NO4S+. The number of nitrogens with zero attached hydrogens (tertiary/aromatic N) is 1. The number of likely N-dealkylation sites (N-methyl/N-ethyl adjacent to an activating group) is 1. The Bertz CT molecular complexity index is 545. The molecule has 0 amide bonds. The fourth-order valence-electron chi connectivity index (χ4n) is 4.56. The summed E-state index contributed by atoms with van der Waals surface area (Å²) in [5, 5.41) is 0. The van der Waals surface area contributed by atoms with Gasteiger partial charge in [0.1, 0.15) is 0 Å². The van der Waals surface area contributed by atoms with Crippen LogP contribution in [0.25, 0.3) is 0 Å². The summed E-state index contributed by atoms with van der Waals surface area (Å²) in [6.07, 6.45) is 1.35. The number of hydrogen-bond donors (Lipinski definition) is 1. The third-order valence-electron chi connectivity index (χ3n) is 5.91. The van der Waals surface area contributed by atoms with E-state index < -0.39 is 25.8 Å². The first kappa shape index (κ1) is 14.9. The van der Waals surface area contributed by atoms with Crippen LogP contribution in [-0.4, -0.2) is 49.3 Å². The molecule has 6 heteroatoms. The average Bonchev–Trinajstić information content (AvgIpc) is 2.45. The van der Waals surface area contributed by atoms with E-state index in [1.54, 1.807) is 21.1 Å². The number of rotatable bonds is 2. The van der Waals surface area contributed by atoms with Crippen LogP contribution in [0.4, 0.5) is 0 Å². The molecule has 3 unspecified atom stereocenters. The van der Waals surface area contributed by atoms with Gasteiger partial charge in [-0.05, 0) is 18.3 Å². The molecule has 5 nitrogen and oxygen atoms in total. The van der Waals surface area contributed by atoms with E-state index in [0.29, 0.717) is 12.8 Å². The van der Waals surface area contributed by atoms with Crippen LogP contribution < -0.4 is 0 Å². The highest BCUT2D eigenvalue weighted by Gasteiger charge is 2.83. The lowest BCUT2D eigenvalue weighted by Crippen LogP contribution is -2.69. The third-order valence-corrected chi connectivity index (χ3v) is 7.72. The molecule has 0 spiro atoms. The van der Waals surface area contributed by atoms with Crippen LogP contribution in [0, 0.1) is 16.7 Å². The maximum absolute atomic E-state index is 13.0. The molecule has 0 aromatic heterocycles. The van der Waals surface area contributed by atoms with Gasteiger partial charge in [0.05, 0.1) is 21.1 Å². The molecule has 2 bridgehead atoms. The molecule has 0 aromatic rings. The zero-order valence-electron chi connectivity index (χ0n) is 12.5. The molecule has 0 radical (unpaired) electrons. The van der Waals surface area contributed by atoms with Crippen molar-refractivity contribution in [3.8, 4) is 0 Å². The number of fused-ring (bicyclic) bond motifs is 2. The zero-order valence-corrected chi connectivity index (χ0v) is 13.3. The van der Waals surface area contributed by atoms with Crippen LogP contribution in [-0.2, 0) is 14.9 Å². The predicted octanol–water partition coefficient (Wildman–Crippen LogP) is 1.30. The highest BCUT2D eigenvalue weighted by molar-refractivity contribution is 7.88. The second-order valence-electron chi connectivity index (χ2n) is 7.66. The highest BCUT2D eigenvalue weighted by atomic mass is 32.2. The molecule has 3 atom stereocenters. The Morgan fingerprint density at radius 1 is 1.21 bits per heavy atom. The Balaban J connectivity index is 2.85. The quantitative estimate of drug-likeness (QED) is 0.615.